The molecule has 5 aromatic rings. The summed E-state index contributed by atoms with van der Waals surface area (Å²) >= 11 is 0. The van der Waals surface area contributed by atoms with Gasteiger partial charge < -0.3 is 28.9 Å². The van der Waals surface area contributed by atoms with E-state index in [1.54, 1.807) is 25.6 Å². The summed E-state index contributed by atoms with van der Waals surface area (Å²) in [6, 6.07) is 12.4. The Balaban J connectivity index is 1.46. The Morgan fingerprint density at radius 1 is 1.00 bits per heavy atom. The van der Waals surface area contributed by atoms with Crippen LogP contribution in [0.15, 0.2) is 54.9 Å². The third kappa shape index (κ3) is 3.90. The first-order chi connectivity index (χ1) is 16.6. The van der Waals surface area contributed by atoms with Gasteiger partial charge in [0.25, 0.3) is 0 Å². The molecule has 9 heteroatoms. The number of fused-ring (bicyclic) bond motifs is 2. The zero-order chi connectivity index (χ0) is 23.7. The van der Waals surface area contributed by atoms with E-state index >= 15 is 4.39 Å². The molecule has 3 aromatic heterocycles. The van der Waals surface area contributed by atoms with Crippen LogP contribution in [0, 0.1) is 5.82 Å². The van der Waals surface area contributed by atoms with Crippen molar-refractivity contribution in [2.24, 2.45) is 0 Å². The topological polar surface area (TPSA) is 94.3 Å². The number of hydrogen-bond acceptors (Lipinski definition) is 6. The molecular formula is C25H23FN4O4. The van der Waals surface area contributed by atoms with Crippen molar-refractivity contribution < 1.29 is 23.3 Å². The minimum atomic E-state index is -0.707. The number of methoxy groups -OCH3 is 3. The number of benzene rings is 2. The summed E-state index contributed by atoms with van der Waals surface area (Å²) in [5.41, 5.74) is 3.42. The molecule has 3 heterocycles. The van der Waals surface area contributed by atoms with Crippen LogP contribution in [-0.4, -0.2) is 41.3 Å². The first kappa shape index (κ1) is 21.7. The fraction of sp³-hybridized carbons (Fsp3) is 0.200. The van der Waals surface area contributed by atoms with Gasteiger partial charge in [-0.05, 0) is 24.3 Å². The van der Waals surface area contributed by atoms with Gasteiger partial charge in [0, 0.05) is 35.9 Å². The van der Waals surface area contributed by atoms with E-state index in [4.69, 9.17) is 18.9 Å². The fourth-order valence-electron chi connectivity index (χ4n) is 4.00. The van der Waals surface area contributed by atoms with Crippen molar-refractivity contribution in [1.82, 2.24) is 19.9 Å². The van der Waals surface area contributed by atoms with Gasteiger partial charge in [-0.2, -0.15) is 0 Å². The molecular weight excluding hydrogens is 439 g/mol. The molecule has 1 unspecified atom stereocenters. The van der Waals surface area contributed by atoms with E-state index in [2.05, 4.69) is 19.9 Å². The third-order valence-corrected chi connectivity index (χ3v) is 5.66. The van der Waals surface area contributed by atoms with Crippen molar-refractivity contribution in [2.45, 2.75) is 12.7 Å². The first-order valence-corrected chi connectivity index (χ1v) is 10.6. The number of hydrogen-bond donors (Lipinski definition) is 2. The highest BCUT2D eigenvalue weighted by Crippen LogP contribution is 2.38. The minimum Gasteiger partial charge on any atom is -0.495 e. The predicted octanol–water partition coefficient (Wildman–Crippen LogP) is 4.91. The van der Waals surface area contributed by atoms with Gasteiger partial charge in [0.15, 0.2) is 11.5 Å². The van der Waals surface area contributed by atoms with Gasteiger partial charge in [0.2, 0.25) is 0 Å². The van der Waals surface area contributed by atoms with Gasteiger partial charge in [-0.3, -0.25) is 0 Å². The Kier molecular flexibility index (Phi) is 5.77. The van der Waals surface area contributed by atoms with E-state index in [1.807, 2.05) is 30.3 Å². The number of rotatable bonds is 8. The van der Waals surface area contributed by atoms with Crippen LogP contribution in [0.3, 0.4) is 0 Å². The SMILES string of the molecule is COc1cnc2[nH]cc(C(OC)c3cc(OC)c(OCc4nc5ccccc5[nH]4)cc3F)c2c1. The zero-order valence-electron chi connectivity index (χ0n) is 18.9. The largest absolute Gasteiger partial charge is 0.495 e. The summed E-state index contributed by atoms with van der Waals surface area (Å²) in [6.07, 6.45) is 2.66. The van der Waals surface area contributed by atoms with Crippen molar-refractivity contribution in [3.63, 3.8) is 0 Å². The minimum absolute atomic E-state index is 0.130. The van der Waals surface area contributed by atoms with Crippen LogP contribution < -0.4 is 14.2 Å². The lowest BCUT2D eigenvalue weighted by Gasteiger charge is -2.19. The summed E-state index contributed by atoms with van der Waals surface area (Å²) in [4.78, 5) is 15.1. The van der Waals surface area contributed by atoms with Gasteiger partial charge in [-0.15, -0.1) is 0 Å². The third-order valence-electron chi connectivity index (χ3n) is 5.66. The monoisotopic (exact) mass is 462 g/mol. The molecule has 0 radical (unpaired) electrons. The number of halogens is 1. The molecule has 8 nitrogen and oxygen atoms in total. The highest BCUT2D eigenvalue weighted by Gasteiger charge is 2.24. The molecule has 0 saturated heterocycles. The van der Waals surface area contributed by atoms with Crippen LogP contribution in [-0.2, 0) is 11.3 Å². The molecule has 5 rings (SSSR count). The highest BCUT2D eigenvalue weighted by molar-refractivity contribution is 5.82. The van der Waals surface area contributed by atoms with E-state index in [1.165, 1.54) is 20.3 Å². The van der Waals surface area contributed by atoms with Gasteiger partial charge in [0.05, 0.1) is 31.4 Å². The Morgan fingerprint density at radius 2 is 1.85 bits per heavy atom. The molecule has 0 aliphatic rings. The van der Waals surface area contributed by atoms with Gasteiger partial charge in [0.1, 0.15) is 35.7 Å². The smallest absolute Gasteiger partial charge is 0.164 e. The van der Waals surface area contributed by atoms with Crippen molar-refractivity contribution in [2.75, 3.05) is 21.3 Å². The quantitative estimate of drug-likeness (QED) is 0.340. The average Bonchev–Trinajstić information content (AvgIpc) is 3.47. The van der Waals surface area contributed by atoms with Crippen LogP contribution in [0.2, 0.25) is 0 Å². The molecule has 0 bridgehead atoms. The summed E-state index contributed by atoms with van der Waals surface area (Å²) in [7, 11) is 4.60. The Bertz CT molecular complexity index is 1430. The molecule has 0 saturated carbocycles. The Morgan fingerprint density at radius 3 is 2.62 bits per heavy atom. The van der Waals surface area contributed by atoms with Crippen LogP contribution >= 0.6 is 0 Å². The average molecular weight is 462 g/mol. The molecule has 0 aliphatic carbocycles. The molecule has 0 amide bonds. The molecule has 1 atom stereocenters. The van der Waals surface area contributed by atoms with Crippen LogP contribution in [0.1, 0.15) is 23.1 Å². The lowest BCUT2D eigenvalue weighted by Crippen LogP contribution is -2.08. The van der Waals surface area contributed by atoms with Crippen molar-refractivity contribution in [3.05, 3.63) is 77.6 Å². The van der Waals surface area contributed by atoms with Crippen molar-refractivity contribution in [1.29, 1.82) is 0 Å². The number of aromatic amines is 2. The number of nitrogens with zero attached hydrogens (tertiary/aromatic N) is 2. The summed E-state index contributed by atoms with van der Waals surface area (Å²) in [5.74, 6) is 1.38. The maximum atomic E-state index is 15.3. The number of ether oxygens (including phenoxy) is 4. The van der Waals surface area contributed by atoms with Crippen molar-refractivity contribution >= 4 is 22.1 Å². The normalized spacial score (nSPS) is 12.2. The van der Waals surface area contributed by atoms with Gasteiger partial charge in [-0.1, -0.05) is 12.1 Å². The molecule has 0 fully saturated rings. The summed E-state index contributed by atoms with van der Waals surface area (Å²) in [6.45, 7) is 0.130. The van der Waals surface area contributed by atoms with E-state index in [0.717, 1.165) is 22.0 Å². The first-order valence-electron chi connectivity index (χ1n) is 10.6. The van der Waals surface area contributed by atoms with Crippen LogP contribution in [0.4, 0.5) is 4.39 Å². The molecule has 174 valence electrons. The van der Waals surface area contributed by atoms with E-state index in [0.29, 0.717) is 28.5 Å². The number of nitrogens with one attached hydrogen (secondary N) is 2. The van der Waals surface area contributed by atoms with E-state index in [-0.39, 0.29) is 12.4 Å². The predicted molar refractivity (Wildman–Crippen MR) is 125 cm³/mol. The lowest BCUT2D eigenvalue weighted by molar-refractivity contribution is 0.133. The number of para-hydroxylation sites is 2. The summed E-state index contributed by atoms with van der Waals surface area (Å²) < 4.78 is 37.7. The fourth-order valence-corrected chi connectivity index (χ4v) is 4.00. The number of pyridine rings is 1. The van der Waals surface area contributed by atoms with E-state index in [9.17, 15) is 0 Å². The maximum Gasteiger partial charge on any atom is 0.164 e. The maximum absolute atomic E-state index is 15.3. The Labute approximate surface area is 194 Å². The van der Waals surface area contributed by atoms with Crippen LogP contribution in [0.25, 0.3) is 22.1 Å². The molecule has 34 heavy (non-hydrogen) atoms. The zero-order valence-corrected chi connectivity index (χ0v) is 18.9. The second-order valence-electron chi connectivity index (χ2n) is 7.64. The van der Waals surface area contributed by atoms with Crippen LogP contribution in [0.5, 0.6) is 17.2 Å². The molecule has 0 spiro atoms. The highest BCUT2D eigenvalue weighted by atomic mass is 19.1. The van der Waals surface area contributed by atoms with Crippen molar-refractivity contribution in [3.8, 4) is 17.2 Å². The number of aromatic nitrogens is 4. The second kappa shape index (κ2) is 9.03. The Hall–Kier alpha value is -4.11. The standard InChI is InChI=1S/C25H23FN4O4/c1-31-14-8-15-17(12-28-25(15)27-11-14)24(33-3)16-9-21(32-2)22(10-18(16)26)34-13-23-29-19-6-4-5-7-20(19)30-23/h4-12,24H,13H2,1-3H3,(H,27,28)(H,29,30). The van der Waals surface area contributed by atoms with E-state index < -0.39 is 11.9 Å². The van der Waals surface area contributed by atoms with Gasteiger partial charge >= 0.3 is 0 Å². The molecule has 2 aromatic carbocycles. The lowest BCUT2D eigenvalue weighted by atomic mass is 10.00. The second-order valence-corrected chi connectivity index (χ2v) is 7.64. The molecule has 0 aliphatic heterocycles. The molecule has 2 N–H and O–H groups in total. The van der Waals surface area contributed by atoms with Gasteiger partial charge in [-0.25, -0.2) is 14.4 Å². The summed E-state index contributed by atoms with van der Waals surface area (Å²) in [5, 5.41) is 0.773. The number of imidazole rings is 1. The number of H-pyrrole nitrogens is 2.